The third kappa shape index (κ3) is 6.45. The van der Waals surface area contributed by atoms with Crippen LogP contribution < -0.4 is 0 Å². The van der Waals surface area contributed by atoms with Crippen LogP contribution in [-0.4, -0.2) is 45.7 Å². The van der Waals surface area contributed by atoms with E-state index in [0.29, 0.717) is 27.6 Å². The van der Waals surface area contributed by atoms with Crippen molar-refractivity contribution in [2.45, 2.75) is 64.2 Å². The minimum absolute atomic E-state index is 0.0463. The monoisotopic (exact) mass is 621 g/mol. The molecule has 2 heterocycles. The molecule has 0 N–H and O–H groups in total. The average Bonchev–Trinajstić information content (AvgIpc) is 3.50. The number of imide groups is 1. The molecule has 2 aromatic heterocycles. The van der Waals surface area contributed by atoms with Gasteiger partial charge < -0.3 is 13.9 Å². The number of halogens is 1. The molecule has 0 spiro atoms. The molecule has 0 aliphatic rings. The first-order valence-electron chi connectivity index (χ1n) is 13.8. The van der Waals surface area contributed by atoms with Crippen LogP contribution in [0.5, 0.6) is 0 Å². The van der Waals surface area contributed by atoms with E-state index in [1.165, 1.54) is 36.5 Å². The molecule has 2 amide bonds. The first-order valence-corrected chi connectivity index (χ1v) is 15.2. The Morgan fingerprint density at radius 1 is 0.909 bits per heavy atom. The van der Waals surface area contributed by atoms with Crippen molar-refractivity contribution < 1.29 is 36.3 Å². The SMILES string of the molecule is CC(C)(C)OC(=O)N(Cc1nc2ccc(-c3cn(S(=O)(=O)c4ccccc4)c4cc(F)ccc34)cc2o1)C(=O)OC(C)(C)C. The molecule has 5 rings (SSSR count). The van der Waals surface area contributed by atoms with Crippen LogP contribution in [0.4, 0.5) is 14.0 Å². The normalized spacial score (nSPS) is 12.4. The maximum Gasteiger partial charge on any atom is 0.420 e. The van der Waals surface area contributed by atoms with E-state index in [9.17, 15) is 22.4 Å². The number of hydrogen-bond donors (Lipinski definition) is 0. The molecule has 0 fully saturated rings. The molecule has 44 heavy (non-hydrogen) atoms. The lowest BCUT2D eigenvalue weighted by molar-refractivity contribution is -0.00168. The second-order valence-corrected chi connectivity index (χ2v) is 14.0. The molecule has 0 bridgehead atoms. The van der Waals surface area contributed by atoms with Crippen LogP contribution in [0.2, 0.25) is 0 Å². The highest BCUT2D eigenvalue weighted by molar-refractivity contribution is 7.90. The summed E-state index contributed by atoms with van der Waals surface area (Å²) in [6, 6.07) is 16.9. The Kier molecular flexibility index (Phi) is 7.75. The third-order valence-corrected chi connectivity index (χ3v) is 7.99. The van der Waals surface area contributed by atoms with E-state index in [1.807, 2.05) is 0 Å². The zero-order valence-electron chi connectivity index (χ0n) is 25.1. The first-order chi connectivity index (χ1) is 20.5. The van der Waals surface area contributed by atoms with E-state index in [0.717, 1.165) is 8.87 Å². The summed E-state index contributed by atoms with van der Waals surface area (Å²) in [5, 5.41) is 0.506. The molecule has 0 saturated carbocycles. The quantitative estimate of drug-likeness (QED) is 0.198. The Hall–Kier alpha value is -4.71. The van der Waals surface area contributed by atoms with Crippen LogP contribution in [0.1, 0.15) is 47.4 Å². The molecule has 0 aliphatic heterocycles. The first kappa shape index (κ1) is 30.7. The maximum atomic E-state index is 14.3. The molecule has 0 radical (unpaired) electrons. The van der Waals surface area contributed by atoms with E-state index in [2.05, 4.69) is 4.98 Å². The number of nitrogens with zero attached hydrogens (tertiary/aromatic N) is 3. The number of fused-ring (bicyclic) bond motifs is 2. The summed E-state index contributed by atoms with van der Waals surface area (Å²) < 4.78 is 59.2. The van der Waals surface area contributed by atoms with E-state index in [-0.39, 0.29) is 22.8 Å². The van der Waals surface area contributed by atoms with Gasteiger partial charge in [0.05, 0.1) is 10.4 Å². The predicted octanol–water partition coefficient (Wildman–Crippen LogP) is 7.50. The number of hydrogen-bond acceptors (Lipinski definition) is 8. The summed E-state index contributed by atoms with van der Waals surface area (Å²) in [6.07, 6.45) is -0.402. The molecule has 10 nitrogen and oxygen atoms in total. The zero-order valence-corrected chi connectivity index (χ0v) is 25.9. The summed E-state index contributed by atoms with van der Waals surface area (Å²) in [4.78, 5) is 31.1. The Balaban J connectivity index is 1.54. The van der Waals surface area contributed by atoms with Gasteiger partial charge in [-0.05, 0) is 89.6 Å². The third-order valence-electron chi connectivity index (χ3n) is 6.30. The van der Waals surface area contributed by atoms with Crippen molar-refractivity contribution in [2.75, 3.05) is 0 Å². The van der Waals surface area contributed by atoms with Crippen molar-refractivity contribution >= 4 is 44.2 Å². The van der Waals surface area contributed by atoms with Crippen LogP contribution in [0.3, 0.4) is 0 Å². The average molecular weight is 622 g/mol. The largest absolute Gasteiger partial charge is 0.443 e. The number of oxazole rings is 1. The van der Waals surface area contributed by atoms with Crippen LogP contribution >= 0.6 is 0 Å². The zero-order chi connectivity index (χ0) is 32.0. The van der Waals surface area contributed by atoms with Gasteiger partial charge in [0.1, 0.15) is 29.1 Å². The van der Waals surface area contributed by atoms with E-state index >= 15 is 0 Å². The van der Waals surface area contributed by atoms with Gasteiger partial charge in [0.15, 0.2) is 5.58 Å². The van der Waals surface area contributed by atoms with Gasteiger partial charge in [-0.25, -0.2) is 36.3 Å². The Morgan fingerprint density at radius 2 is 1.55 bits per heavy atom. The maximum absolute atomic E-state index is 14.3. The minimum Gasteiger partial charge on any atom is -0.443 e. The van der Waals surface area contributed by atoms with Crippen LogP contribution in [0.25, 0.3) is 33.1 Å². The molecular weight excluding hydrogens is 589 g/mol. The molecular formula is C32H32FN3O7S. The topological polar surface area (TPSA) is 121 Å². The summed E-state index contributed by atoms with van der Waals surface area (Å²) in [6.45, 7) is 9.70. The molecule has 12 heteroatoms. The van der Waals surface area contributed by atoms with Crippen molar-refractivity contribution in [3.63, 3.8) is 0 Å². The van der Waals surface area contributed by atoms with Crippen molar-refractivity contribution in [1.29, 1.82) is 0 Å². The minimum atomic E-state index is -4.04. The lowest BCUT2D eigenvalue weighted by Crippen LogP contribution is -2.43. The summed E-state index contributed by atoms with van der Waals surface area (Å²) >= 11 is 0. The van der Waals surface area contributed by atoms with Gasteiger partial charge in [-0.15, -0.1) is 0 Å². The van der Waals surface area contributed by atoms with Crippen LogP contribution in [-0.2, 0) is 26.0 Å². The second kappa shape index (κ2) is 11.1. The van der Waals surface area contributed by atoms with Crippen LogP contribution in [0.15, 0.2) is 82.2 Å². The number of carbonyl (C=O) groups is 2. The highest BCUT2D eigenvalue weighted by Gasteiger charge is 2.33. The molecule has 3 aromatic carbocycles. The fourth-order valence-corrected chi connectivity index (χ4v) is 5.87. The van der Waals surface area contributed by atoms with Crippen molar-refractivity contribution in [3.05, 3.63) is 84.6 Å². The lowest BCUT2D eigenvalue weighted by Gasteiger charge is -2.27. The Labute approximate surface area is 254 Å². The summed E-state index contributed by atoms with van der Waals surface area (Å²) in [7, 11) is -4.04. The number of benzene rings is 3. The molecule has 0 unspecified atom stereocenters. The van der Waals surface area contributed by atoms with E-state index in [4.69, 9.17) is 13.9 Å². The van der Waals surface area contributed by atoms with Gasteiger partial charge in [-0.2, -0.15) is 0 Å². The van der Waals surface area contributed by atoms with Gasteiger partial charge >= 0.3 is 12.2 Å². The highest BCUT2D eigenvalue weighted by atomic mass is 32.2. The molecule has 0 saturated heterocycles. The molecule has 0 aliphatic carbocycles. The Bertz CT molecular complexity index is 1960. The van der Waals surface area contributed by atoms with Crippen molar-refractivity contribution in [1.82, 2.24) is 13.9 Å². The fourth-order valence-electron chi connectivity index (χ4n) is 4.49. The number of rotatable bonds is 5. The standard InChI is InChI=1S/C32H32FN3O7S/c1-31(2,3)42-29(37)35(30(38)43-32(4,5)6)19-28-34-25-15-12-20(16-27(25)41-28)24-18-36(26-17-21(33)13-14-23(24)26)44(39,40)22-10-8-7-9-11-22/h7-18H,19H2,1-6H3. The number of carbonyl (C=O) groups excluding carboxylic acids is 2. The van der Waals surface area contributed by atoms with Gasteiger partial charge in [0.25, 0.3) is 10.0 Å². The highest BCUT2D eigenvalue weighted by Crippen LogP contribution is 2.35. The van der Waals surface area contributed by atoms with Gasteiger partial charge in [-0.1, -0.05) is 24.3 Å². The molecule has 0 atom stereocenters. The van der Waals surface area contributed by atoms with Gasteiger partial charge in [0.2, 0.25) is 5.89 Å². The molecule has 5 aromatic rings. The second-order valence-electron chi connectivity index (χ2n) is 12.2. The smallest absolute Gasteiger partial charge is 0.420 e. The van der Waals surface area contributed by atoms with Gasteiger partial charge in [-0.3, -0.25) is 0 Å². The van der Waals surface area contributed by atoms with Crippen molar-refractivity contribution in [2.24, 2.45) is 0 Å². The fraction of sp³-hybridized carbons (Fsp3) is 0.281. The number of ether oxygens (including phenoxy) is 2. The summed E-state index contributed by atoms with van der Waals surface area (Å²) in [5.41, 5.74) is 0.280. The molecule has 230 valence electrons. The van der Waals surface area contributed by atoms with Crippen molar-refractivity contribution in [3.8, 4) is 11.1 Å². The Morgan fingerprint density at radius 3 is 2.16 bits per heavy atom. The van der Waals surface area contributed by atoms with E-state index in [1.54, 1.807) is 77.9 Å². The van der Waals surface area contributed by atoms with E-state index < -0.39 is 39.2 Å². The number of aromatic nitrogens is 2. The lowest BCUT2D eigenvalue weighted by atomic mass is 10.0. The van der Waals surface area contributed by atoms with Gasteiger partial charge in [0, 0.05) is 17.1 Å². The number of amides is 2. The summed E-state index contributed by atoms with van der Waals surface area (Å²) in [5.74, 6) is -0.536. The van der Waals surface area contributed by atoms with Crippen LogP contribution in [0, 0.1) is 5.82 Å². The predicted molar refractivity (Wildman–Crippen MR) is 162 cm³/mol.